The molecule has 0 saturated heterocycles. The zero-order valence-electron chi connectivity index (χ0n) is 12.7. The average molecular weight is 313 g/mol. The van der Waals surface area contributed by atoms with Gasteiger partial charge in [-0.15, -0.1) is 0 Å². The molecule has 0 amide bonds. The minimum atomic E-state index is -3.52. The summed E-state index contributed by atoms with van der Waals surface area (Å²) in [6, 6.07) is 6.83. The second-order valence-corrected chi connectivity index (χ2v) is 7.79. The Morgan fingerprint density at radius 2 is 1.71 bits per heavy atom. The molecule has 2 N–H and O–H groups in total. The van der Waals surface area contributed by atoms with E-state index in [1.54, 1.807) is 12.1 Å². The van der Waals surface area contributed by atoms with E-state index in [4.69, 9.17) is 5.11 Å². The maximum Gasteiger partial charge on any atom is 0.303 e. The number of hydrogen-bond donors (Lipinski definition) is 2. The Bertz CT molecular complexity index is 571. The number of hydrogen-bond acceptors (Lipinski definition) is 3. The van der Waals surface area contributed by atoms with E-state index in [1.807, 2.05) is 12.1 Å². The third kappa shape index (κ3) is 5.85. The quantitative estimate of drug-likeness (QED) is 0.758. The third-order valence-corrected chi connectivity index (χ3v) is 4.62. The van der Waals surface area contributed by atoms with Crippen molar-refractivity contribution in [3.05, 3.63) is 29.8 Å². The number of sulfonamides is 1. The van der Waals surface area contributed by atoms with Gasteiger partial charge in [0.05, 0.1) is 4.90 Å². The van der Waals surface area contributed by atoms with Gasteiger partial charge in [-0.2, -0.15) is 0 Å². The number of carboxylic acid groups (broad SMARTS) is 1. The van der Waals surface area contributed by atoms with Crippen molar-refractivity contribution >= 4 is 16.0 Å². The Morgan fingerprint density at radius 3 is 2.19 bits per heavy atom. The lowest BCUT2D eigenvalue weighted by molar-refractivity contribution is -0.137. The van der Waals surface area contributed by atoms with Crippen LogP contribution in [0.15, 0.2) is 29.2 Å². The molecule has 0 heterocycles. The molecule has 1 rings (SSSR count). The third-order valence-electron chi connectivity index (χ3n) is 3.14. The molecule has 0 aliphatic carbocycles. The second kappa shape index (κ2) is 7.04. The van der Waals surface area contributed by atoms with Crippen molar-refractivity contribution in [3.8, 4) is 0 Å². The Balaban J connectivity index is 2.60. The van der Waals surface area contributed by atoms with E-state index < -0.39 is 16.0 Å². The number of benzene rings is 1. The predicted molar refractivity (Wildman–Crippen MR) is 81.8 cm³/mol. The van der Waals surface area contributed by atoms with E-state index >= 15 is 0 Å². The summed E-state index contributed by atoms with van der Waals surface area (Å²) in [5, 5.41) is 8.50. The van der Waals surface area contributed by atoms with Crippen LogP contribution in [-0.4, -0.2) is 26.0 Å². The number of unbranched alkanes of at least 4 members (excludes halogenated alkanes) is 1. The lowest BCUT2D eigenvalue weighted by atomic mass is 9.87. The molecular weight excluding hydrogens is 290 g/mol. The van der Waals surface area contributed by atoms with Gasteiger partial charge in [0.25, 0.3) is 0 Å². The lowest BCUT2D eigenvalue weighted by Crippen LogP contribution is -2.25. The van der Waals surface area contributed by atoms with Crippen molar-refractivity contribution in [2.24, 2.45) is 0 Å². The Labute approximate surface area is 126 Å². The number of aliphatic carboxylic acids is 1. The number of carbonyl (C=O) groups is 1. The van der Waals surface area contributed by atoms with Crippen LogP contribution < -0.4 is 4.72 Å². The molecule has 6 heteroatoms. The molecule has 21 heavy (non-hydrogen) atoms. The van der Waals surface area contributed by atoms with E-state index in [-0.39, 0.29) is 23.3 Å². The molecule has 1 aromatic carbocycles. The molecule has 0 radical (unpaired) electrons. The summed E-state index contributed by atoms with van der Waals surface area (Å²) in [7, 11) is -3.52. The highest BCUT2D eigenvalue weighted by molar-refractivity contribution is 7.89. The molecule has 0 atom stereocenters. The maximum atomic E-state index is 12.1. The van der Waals surface area contributed by atoms with Gasteiger partial charge in [-0.1, -0.05) is 32.9 Å². The van der Waals surface area contributed by atoms with Crippen molar-refractivity contribution in [3.63, 3.8) is 0 Å². The molecule has 0 aliphatic heterocycles. The molecule has 0 saturated carbocycles. The van der Waals surface area contributed by atoms with E-state index in [1.165, 1.54) is 0 Å². The SMILES string of the molecule is CC(C)(C)c1ccc(S(=O)(=O)NCCCCC(=O)O)cc1. The summed E-state index contributed by atoms with van der Waals surface area (Å²) >= 11 is 0. The topological polar surface area (TPSA) is 83.5 Å². The van der Waals surface area contributed by atoms with Crippen molar-refractivity contribution < 1.29 is 18.3 Å². The van der Waals surface area contributed by atoms with Crippen LogP contribution in [0.4, 0.5) is 0 Å². The van der Waals surface area contributed by atoms with E-state index in [2.05, 4.69) is 25.5 Å². The van der Waals surface area contributed by atoms with Gasteiger partial charge in [0.2, 0.25) is 10.0 Å². The summed E-state index contributed by atoms with van der Waals surface area (Å²) in [5.74, 6) is -0.865. The fraction of sp³-hybridized carbons (Fsp3) is 0.533. The van der Waals surface area contributed by atoms with Crippen LogP contribution in [-0.2, 0) is 20.2 Å². The first kappa shape index (κ1) is 17.7. The van der Waals surface area contributed by atoms with Crippen molar-refractivity contribution in [2.75, 3.05) is 6.54 Å². The first-order chi connectivity index (χ1) is 9.63. The van der Waals surface area contributed by atoms with Crippen molar-refractivity contribution in [2.45, 2.75) is 50.3 Å². The standard InChI is InChI=1S/C15H23NO4S/c1-15(2,3)12-7-9-13(10-8-12)21(19,20)16-11-5-4-6-14(17)18/h7-10,16H,4-6,11H2,1-3H3,(H,17,18). The zero-order chi connectivity index (χ0) is 16.1. The Morgan fingerprint density at radius 1 is 1.14 bits per heavy atom. The van der Waals surface area contributed by atoms with Gasteiger partial charge in [0, 0.05) is 13.0 Å². The van der Waals surface area contributed by atoms with Crippen molar-refractivity contribution in [1.29, 1.82) is 0 Å². The molecule has 0 spiro atoms. The smallest absolute Gasteiger partial charge is 0.303 e. The Kier molecular flexibility index (Phi) is 5.92. The fourth-order valence-electron chi connectivity index (χ4n) is 1.83. The highest BCUT2D eigenvalue weighted by Gasteiger charge is 2.17. The van der Waals surface area contributed by atoms with Crippen LogP contribution >= 0.6 is 0 Å². The molecule has 0 fully saturated rings. The summed E-state index contributed by atoms with van der Waals surface area (Å²) in [6.45, 7) is 6.45. The van der Waals surface area contributed by atoms with Gasteiger partial charge in [0.15, 0.2) is 0 Å². The van der Waals surface area contributed by atoms with Gasteiger partial charge in [-0.3, -0.25) is 4.79 Å². The molecule has 1 aromatic rings. The Hall–Kier alpha value is -1.40. The maximum absolute atomic E-state index is 12.1. The monoisotopic (exact) mass is 313 g/mol. The number of rotatable bonds is 7. The van der Waals surface area contributed by atoms with Gasteiger partial charge < -0.3 is 5.11 Å². The molecule has 0 aliphatic rings. The van der Waals surface area contributed by atoms with Gasteiger partial charge in [-0.25, -0.2) is 13.1 Å². The van der Waals surface area contributed by atoms with Crippen LogP contribution in [0.2, 0.25) is 0 Å². The normalized spacial score (nSPS) is 12.3. The average Bonchev–Trinajstić information content (AvgIpc) is 2.37. The predicted octanol–water partition coefficient (Wildman–Crippen LogP) is 2.52. The number of nitrogens with one attached hydrogen (secondary N) is 1. The van der Waals surface area contributed by atoms with Crippen LogP contribution in [0.5, 0.6) is 0 Å². The first-order valence-corrected chi connectivity index (χ1v) is 8.43. The van der Waals surface area contributed by atoms with Crippen LogP contribution in [0.25, 0.3) is 0 Å². The first-order valence-electron chi connectivity index (χ1n) is 6.95. The summed E-state index contributed by atoms with van der Waals surface area (Å²) in [4.78, 5) is 10.6. The minimum Gasteiger partial charge on any atom is -0.481 e. The second-order valence-electron chi connectivity index (χ2n) is 6.02. The minimum absolute atomic E-state index is 0.0213. The summed E-state index contributed by atoms with van der Waals surface area (Å²) in [6.07, 6.45) is 1.02. The highest BCUT2D eigenvalue weighted by Crippen LogP contribution is 2.23. The van der Waals surface area contributed by atoms with E-state index in [0.29, 0.717) is 12.8 Å². The molecule has 0 aromatic heterocycles. The summed E-state index contributed by atoms with van der Waals surface area (Å²) in [5.41, 5.74) is 1.05. The van der Waals surface area contributed by atoms with Gasteiger partial charge in [-0.05, 0) is 36.0 Å². The van der Waals surface area contributed by atoms with Crippen LogP contribution in [0.1, 0.15) is 45.6 Å². The molecule has 5 nitrogen and oxygen atoms in total. The molecule has 0 unspecified atom stereocenters. The van der Waals surface area contributed by atoms with Crippen molar-refractivity contribution in [1.82, 2.24) is 4.72 Å². The lowest BCUT2D eigenvalue weighted by Gasteiger charge is -2.19. The van der Waals surface area contributed by atoms with Crippen LogP contribution in [0.3, 0.4) is 0 Å². The largest absolute Gasteiger partial charge is 0.481 e. The van der Waals surface area contributed by atoms with E-state index in [9.17, 15) is 13.2 Å². The number of carboxylic acids is 1. The van der Waals surface area contributed by atoms with Gasteiger partial charge in [0.1, 0.15) is 0 Å². The van der Waals surface area contributed by atoms with Gasteiger partial charge >= 0.3 is 5.97 Å². The van der Waals surface area contributed by atoms with E-state index in [0.717, 1.165) is 5.56 Å². The highest BCUT2D eigenvalue weighted by atomic mass is 32.2. The molecular formula is C15H23NO4S. The van der Waals surface area contributed by atoms with Crippen LogP contribution in [0, 0.1) is 0 Å². The zero-order valence-corrected chi connectivity index (χ0v) is 13.5. The molecule has 0 bridgehead atoms. The fourth-order valence-corrected chi connectivity index (χ4v) is 2.90. The molecule has 118 valence electrons. The summed E-state index contributed by atoms with van der Waals surface area (Å²) < 4.78 is 26.6.